The van der Waals surface area contributed by atoms with Gasteiger partial charge in [-0.3, -0.25) is 9.88 Å². The molecular weight excluding hydrogens is 396 g/mol. The lowest BCUT2D eigenvalue weighted by Crippen LogP contribution is -2.36. The van der Waals surface area contributed by atoms with E-state index in [0.717, 1.165) is 57.2 Å². The van der Waals surface area contributed by atoms with Crippen LogP contribution in [0.2, 0.25) is 0 Å². The van der Waals surface area contributed by atoms with Crippen molar-refractivity contribution in [3.05, 3.63) is 41.3 Å². The summed E-state index contributed by atoms with van der Waals surface area (Å²) in [6, 6.07) is 6.60. The van der Waals surface area contributed by atoms with Gasteiger partial charge < -0.3 is 10.2 Å². The van der Waals surface area contributed by atoms with Crippen LogP contribution in [0, 0.1) is 0 Å². The highest BCUT2D eigenvalue weighted by Crippen LogP contribution is 2.31. The number of pyridine rings is 1. The van der Waals surface area contributed by atoms with Crippen molar-refractivity contribution in [1.29, 1.82) is 0 Å². The molecule has 0 radical (unpaired) electrons. The summed E-state index contributed by atoms with van der Waals surface area (Å²) in [6.07, 6.45) is 15.6. The molecule has 32 heavy (non-hydrogen) atoms. The van der Waals surface area contributed by atoms with Crippen molar-refractivity contribution >= 4 is 11.8 Å². The van der Waals surface area contributed by atoms with Gasteiger partial charge in [-0.2, -0.15) is 4.98 Å². The van der Waals surface area contributed by atoms with Crippen molar-refractivity contribution < 1.29 is 0 Å². The number of hydrogen-bond donors (Lipinski definition) is 1. The van der Waals surface area contributed by atoms with Crippen molar-refractivity contribution in [3.63, 3.8) is 0 Å². The minimum atomic E-state index is 0.389. The van der Waals surface area contributed by atoms with Crippen LogP contribution in [0.3, 0.4) is 0 Å². The largest absolute Gasteiger partial charge is 0.356 e. The van der Waals surface area contributed by atoms with Gasteiger partial charge in [0.1, 0.15) is 5.82 Å². The predicted octanol–water partition coefficient (Wildman–Crippen LogP) is 4.60. The van der Waals surface area contributed by atoms with Crippen LogP contribution in [-0.4, -0.2) is 52.1 Å². The van der Waals surface area contributed by atoms with Gasteiger partial charge in [0.15, 0.2) is 0 Å². The fraction of sp³-hybridized carbons (Fsp3) is 0.654. The molecule has 1 N–H and O–H groups in total. The van der Waals surface area contributed by atoms with Crippen LogP contribution in [0.1, 0.15) is 74.7 Å². The Morgan fingerprint density at radius 3 is 2.56 bits per heavy atom. The van der Waals surface area contributed by atoms with Crippen LogP contribution in [-0.2, 0) is 19.4 Å². The first-order chi connectivity index (χ1) is 15.8. The zero-order valence-corrected chi connectivity index (χ0v) is 19.4. The van der Waals surface area contributed by atoms with Crippen molar-refractivity contribution in [2.45, 2.75) is 83.2 Å². The Hall–Kier alpha value is -2.21. The fourth-order valence-electron chi connectivity index (χ4n) is 5.57. The molecule has 172 valence electrons. The van der Waals surface area contributed by atoms with Crippen molar-refractivity contribution in [3.8, 4) is 0 Å². The molecule has 4 heterocycles. The molecule has 0 unspecified atom stereocenters. The minimum Gasteiger partial charge on any atom is -0.356 e. The van der Waals surface area contributed by atoms with E-state index in [1.54, 1.807) is 0 Å². The minimum absolute atomic E-state index is 0.389. The van der Waals surface area contributed by atoms with Gasteiger partial charge in [0.2, 0.25) is 5.95 Å². The number of rotatable bonds is 5. The molecule has 1 atom stereocenters. The second kappa shape index (κ2) is 10.6. The standard InChI is InChI=1S/C26H38N6/c1-2-9-18-32(17-8-1)25-23-13-3-4-14-24(23)29-26(30-25)28-22-12-6-10-16-31(20-22)19-21-11-5-7-15-27-21/h5,7,11,15,22H,1-4,6,8-10,12-14,16-20H2,(H,28,29,30)/t22-/m1/s1. The van der Waals surface area contributed by atoms with Gasteiger partial charge in [-0.1, -0.05) is 25.3 Å². The zero-order chi connectivity index (χ0) is 21.6. The van der Waals surface area contributed by atoms with E-state index in [4.69, 9.17) is 9.97 Å². The Morgan fingerprint density at radius 1 is 0.875 bits per heavy atom. The van der Waals surface area contributed by atoms with Crippen LogP contribution in [0.5, 0.6) is 0 Å². The molecular formula is C26H38N6. The lowest BCUT2D eigenvalue weighted by Gasteiger charge is -2.29. The zero-order valence-electron chi connectivity index (χ0n) is 19.4. The molecule has 0 spiro atoms. The number of aryl methyl sites for hydroxylation is 1. The average molecular weight is 435 g/mol. The third-order valence-electron chi connectivity index (χ3n) is 7.27. The van der Waals surface area contributed by atoms with Gasteiger partial charge in [-0.25, -0.2) is 4.98 Å². The first-order valence-corrected chi connectivity index (χ1v) is 12.9. The molecule has 2 aliphatic heterocycles. The molecule has 6 heteroatoms. The molecule has 0 amide bonds. The molecule has 2 aromatic heterocycles. The molecule has 3 aliphatic rings. The molecule has 2 saturated heterocycles. The lowest BCUT2D eigenvalue weighted by molar-refractivity contribution is 0.266. The monoisotopic (exact) mass is 434 g/mol. The Bertz CT molecular complexity index is 862. The number of nitrogens with one attached hydrogen (secondary N) is 1. The normalized spacial score (nSPS) is 22.6. The van der Waals surface area contributed by atoms with Gasteiger partial charge >= 0.3 is 0 Å². The Labute approximate surface area is 192 Å². The van der Waals surface area contributed by atoms with E-state index in [-0.39, 0.29) is 0 Å². The third kappa shape index (κ3) is 5.40. The molecule has 6 nitrogen and oxygen atoms in total. The van der Waals surface area contributed by atoms with Crippen LogP contribution >= 0.6 is 0 Å². The van der Waals surface area contributed by atoms with Gasteiger partial charge in [0, 0.05) is 44.0 Å². The van der Waals surface area contributed by atoms with Crippen molar-refractivity contribution in [2.75, 3.05) is 36.4 Å². The summed E-state index contributed by atoms with van der Waals surface area (Å²) in [6.45, 7) is 5.37. The molecule has 1 aliphatic carbocycles. The van der Waals surface area contributed by atoms with Gasteiger partial charge in [-0.15, -0.1) is 0 Å². The summed E-state index contributed by atoms with van der Waals surface area (Å²) in [5.41, 5.74) is 3.88. The van der Waals surface area contributed by atoms with E-state index in [1.165, 1.54) is 74.9 Å². The summed E-state index contributed by atoms with van der Waals surface area (Å²) in [5.74, 6) is 2.09. The second-order valence-corrected chi connectivity index (χ2v) is 9.80. The van der Waals surface area contributed by atoms with E-state index in [9.17, 15) is 0 Å². The van der Waals surface area contributed by atoms with Crippen molar-refractivity contribution in [2.24, 2.45) is 0 Å². The molecule has 2 fully saturated rings. The number of likely N-dealkylation sites (tertiary alicyclic amines) is 1. The molecule has 0 saturated carbocycles. The summed E-state index contributed by atoms with van der Waals surface area (Å²) < 4.78 is 0. The summed E-state index contributed by atoms with van der Waals surface area (Å²) in [7, 11) is 0. The Kier molecular flexibility index (Phi) is 7.17. The van der Waals surface area contributed by atoms with Gasteiger partial charge in [-0.05, 0) is 70.0 Å². The average Bonchev–Trinajstić information content (AvgIpc) is 3.22. The quantitative estimate of drug-likeness (QED) is 0.742. The van der Waals surface area contributed by atoms with Crippen LogP contribution < -0.4 is 10.2 Å². The molecule has 2 aromatic rings. The van der Waals surface area contributed by atoms with Gasteiger partial charge in [0.05, 0.1) is 11.4 Å². The van der Waals surface area contributed by atoms with E-state index >= 15 is 0 Å². The Morgan fingerprint density at radius 2 is 1.72 bits per heavy atom. The number of fused-ring (bicyclic) bond motifs is 1. The smallest absolute Gasteiger partial charge is 0.225 e. The van der Waals surface area contributed by atoms with Crippen LogP contribution in [0.25, 0.3) is 0 Å². The lowest BCUT2D eigenvalue weighted by atomic mass is 9.96. The summed E-state index contributed by atoms with van der Waals surface area (Å²) >= 11 is 0. The molecule has 0 bridgehead atoms. The van der Waals surface area contributed by atoms with E-state index in [0.29, 0.717) is 6.04 Å². The maximum absolute atomic E-state index is 5.16. The second-order valence-electron chi connectivity index (χ2n) is 9.80. The summed E-state index contributed by atoms with van der Waals surface area (Å²) in [4.78, 5) is 19.8. The van der Waals surface area contributed by atoms with Crippen LogP contribution in [0.4, 0.5) is 11.8 Å². The highest BCUT2D eigenvalue weighted by molar-refractivity contribution is 5.54. The SMILES string of the molecule is c1ccc(CN2CCCC[C@@H](Nc3nc4c(c(N5CCCCCC5)n3)CCCC4)C2)nc1. The van der Waals surface area contributed by atoms with E-state index in [2.05, 4.69) is 32.2 Å². The van der Waals surface area contributed by atoms with Crippen LogP contribution in [0.15, 0.2) is 24.4 Å². The van der Waals surface area contributed by atoms with E-state index in [1.807, 2.05) is 12.3 Å². The number of aromatic nitrogens is 3. The third-order valence-corrected chi connectivity index (χ3v) is 7.27. The predicted molar refractivity (Wildman–Crippen MR) is 130 cm³/mol. The maximum atomic E-state index is 5.16. The highest BCUT2D eigenvalue weighted by atomic mass is 15.2. The first-order valence-electron chi connectivity index (χ1n) is 12.9. The molecule has 0 aromatic carbocycles. The first kappa shape index (κ1) is 21.6. The van der Waals surface area contributed by atoms with Gasteiger partial charge in [0.25, 0.3) is 0 Å². The van der Waals surface area contributed by atoms with E-state index < -0.39 is 0 Å². The topological polar surface area (TPSA) is 57.2 Å². The molecule has 5 rings (SSSR count). The summed E-state index contributed by atoms with van der Waals surface area (Å²) in [5, 5.41) is 3.77. The Balaban J connectivity index is 1.33. The number of anilines is 2. The maximum Gasteiger partial charge on any atom is 0.225 e. The number of nitrogens with zero attached hydrogens (tertiary/aromatic N) is 5. The number of hydrogen-bond acceptors (Lipinski definition) is 6. The highest BCUT2D eigenvalue weighted by Gasteiger charge is 2.24. The van der Waals surface area contributed by atoms with Crippen molar-refractivity contribution in [1.82, 2.24) is 19.9 Å². The fourth-order valence-corrected chi connectivity index (χ4v) is 5.57.